The summed E-state index contributed by atoms with van der Waals surface area (Å²) in [6, 6.07) is 6.06. The number of piperidine rings is 1. The van der Waals surface area contributed by atoms with Crippen LogP contribution in [0.3, 0.4) is 0 Å². The number of hydrogen-bond acceptors (Lipinski definition) is 4. The largest absolute Gasteiger partial charge is 0.507 e. The van der Waals surface area contributed by atoms with Gasteiger partial charge in [-0.1, -0.05) is 12.5 Å². The van der Waals surface area contributed by atoms with Crippen LogP contribution in [0.15, 0.2) is 18.2 Å². The number of benzene rings is 1. The number of hydrogen-bond donors (Lipinski definition) is 2. The van der Waals surface area contributed by atoms with Gasteiger partial charge in [-0.25, -0.2) is 0 Å². The third-order valence-electron chi connectivity index (χ3n) is 3.91. The number of phenolic OH excluding ortho intramolecular Hbond substituents is 1. The fraction of sp³-hybridized carbons (Fsp3) is 0.600. The van der Waals surface area contributed by atoms with Gasteiger partial charge in [-0.2, -0.15) is 0 Å². The quantitative estimate of drug-likeness (QED) is 0.853. The summed E-state index contributed by atoms with van der Waals surface area (Å²) in [4.78, 5) is 2.42. The number of likely N-dealkylation sites (N-methyl/N-ethyl adjacent to an activating group) is 1. The lowest BCUT2D eigenvalue weighted by atomic mass is 10.0. The second-order valence-electron chi connectivity index (χ2n) is 5.26. The molecule has 1 unspecified atom stereocenters. The van der Waals surface area contributed by atoms with Crippen LogP contribution in [0.25, 0.3) is 0 Å². The number of aromatic hydroxyl groups is 1. The zero-order valence-corrected chi connectivity index (χ0v) is 11.9. The van der Waals surface area contributed by atoms with Gasteiger partial charge >= 0.3 is 0 Å². The molecule has 1 aromatic rings. The second-order valence-corrected chi connectivity index (χ2v) is 5.26. The maximum Gasteiger partial charge on any atom is 0.123 e. The molecule has 1 aromatic carbocycles. The molecule has 0 radical (unpaired) electrons. The lowest BCUT2D eigenvalue weighted by Gasteiger charge is -2.32. The van der Waals surface area contributed by atoms with Crippen LogP contribution in [-0.2, 0) is 6.54 Å². The number of nitrogens with zero attached hydrogens (tertiary/aromatic N) is 1. The van der Waals surface area contributed by atoms with E-state index in [9.17, 15) is 5.11 Å². The number of ether oxygens (including phenoxy) is 1. The summed E-state index contributed by atoms with van der Waals surface area (Å²) in [5.41, 5.74) is 0.916. The first-order valence-electron chi connectivity index (χ1n) is 6.97. The molecular formula is C15H24N2O2. The van der Waals surface area contributed by atoms with Gasteiger partial charge in [0.1, 0.15) is 11.5 Å². The van der Waals surface area contributed by atoms with Crippen molar-refractivity contribution in [2.45, 2.75) is 31.8 Å². The molecule has 1 heterocycles. The molecule has 1 fully saturated rings. The molecule has 106 valence electrons. The smallest absolute Gasteiger partial charge is 0.123 e. The second kappa shape index (κ2) is 6.78. The van der Waals surface area contributed by atoms with Gasteiger partial charge in [0, 0.05) is 30.8 Å². The minimum Gasteiger partial charge on any atom is -0.507 e. The first-order valence-corrected chi connectivity index (χ1v) is 6.97. The van der Waals surface area contributed by atoms with Gasteiger partial charge in [0.2, 0.25) is 0 Å². The van der Waals surface area contributed by atoms with Crippen LogP contribution in [0, 0.1) is 0 Å². The number of phenols is 1. The average molecular weight is 264 g/mol. The summed E-state index contributed by atoms with van der Waals surface area (Å²) in [7, 11) is 3.79. The topological polar surface area (TPSA) is 44.7 Å². The summed E-state index contributed by atoms with van der Waals surface area (Å²) < 4.78 is 5.08. The van der Waals surface area contributed by atoms with E-state index in [4.69, 9.17) is 4.74 Å². The summed E-state index contributed by atoms with van der Waals surface area (Å²) in [5, 5.41) is 13.3. The van der Waals surface area contributed by atoms with Crippen LogP contribution in [0.2, 0.25) is 0 Å². The SMILES string of the molecule is COc1ccc(CNCC2CCCCN2C)c(O)c1. The maximum atomic E-state index is 9.88. The van der Waals surface area contributed by atoms with Crippen molar-refractivity contribution in [2.24, 2.45) is 0 Å². The molecule has 0 aliphatic carbocycles. The van der Waals surface area contributed by atoms with E-state index in [0.29, 0.717) is 24.1 Å². The van der Waals surface area contributed by atoms with E-state index in [2.05, 4.69) is 17.3 Å². The highest BCUT2D eigenvalue weighted by Crippen LogP contribution is 2.23. The minimum absolute atomic E-state index is 0.295. The molecule has 0 bridgehead atoms. The van der Waals surface area contributed by atoms with E-state index in [0.717, 1.165) is 12.1 Å². The normalized spacial score (nSPS) is 20.4. The summed E-state index contributed by atoms with van der Waals surface area (Å²) in [6.45, 7) is 2.86. The Morgan fingerprint density at radius 3 is 2.95 bits per heavy atom. The molecule has 1 aliphatic heterocycles. The predicted octanol–water partition coefficient (Wildman–Crippen LogP) is 1.97. The Morgan fingerprint density at radius 2 is 2.26 bits per heavy atom. The van der Waals surface area contributed by atoms with E-state index in [-0.39, 0.29) is 0 Å². The van der Waals surface area contributed by atoms with Crippen molar-refractivity contribution in [3.63, 3.8) is 0 Å². The summed E-state index contributed by atoms with van der Waals surface area (Å²) in [6.07, 6.45) is 3.90. The van der Waals surface area contributed by atoms with Gasteiger partial charge in [-0.05, 0) is 32.5 Å². The summed E-state index contributed by atoms with van der Waals surface area (Å²) >= 11 is 0. The molecule has 2 N–H and O–H groups in total. The molecule has 1 atom stereocenters. The van der Waals surface area contributed by atoms with Crippen LogP contribution in [-0.4, -0.2) is 43.3 Å². The van der Waals surface area contributed by atoms with E-state index in [1.54, 1.807) is 13.2 Å². The Kier molecular flexibility index (Phi) is 5.05. The van der Waals surface area contributed by atoms with Crippen molar-refractivity contribution in [3.8, 4) is 11.5 Å². The maximum absolute atomic E-state index is 9.88. The van der Waals surface area contributed by atoms with Gasteiger partial charge in [0.15, 0.2) is 0 Å². The zero-order chi connectivity index (χ0) is 13.7. The molecule has 0 amide bonds. The Hall–Kier alpha value is -1.26. The van der Waals surface area contributed by atoms with Crippen molar-refractivity contribution in [2.75, 3.05) is 27.2 Å². The van der Waals surface area contributed by atoms with Crippen molar-refractivity contribution < 1.29 is 9.84 Å². The van der Waals surface area contributed by atoms with Crippen LogP contribution in [0.1, 0.15) is 24.8 Å². The van der Waals surface area contributed by atoms with Gasteiger partial charge < -0.3 is 20.1 Å². The Morgan fingerprint density at radius 1 is 1.42 bits per heavy atom. The Bertz CT molecular complexity index is 409. The Labute approximate surface area is 115 Å². The van der Waals surface area contributed by atoms with Crippen molar-refractivity contribution in [1.29, 1.82) is 0 Å². The fourth-order valence-corrected chi connectivity index (χ4v) is 2.60. The van der Waals surface area contributed by atoms with Crippen LogP contribution >= 0.6 is 0 Å². The zero-order valence-electron chi connectivity index (χ0n) is 11.9. The van der Waals surface area contributed by atoms with Crippen LogP contribution in [0.4, 0.5) is 0 Å². The molecular weight excluding hydrogens is 240 g/mol. The van der Waals surface area contributed by atoms with E-state index < -0.39 is 0 Å². The number of nitrogens with one attached hydrogen (secondary N) is 1. The van der Waals surface area contributed by atoms with Crippen molar-refractivity contribution in [3.05, 3.63) is 23.8 Å². The van der Waals surface area contributed by atoms with Gasteiger partial charge in [-0.3, -0.25) is 0 Å². The van der Waals surface area contributed by atoms with E-state index in [1.807, 2.05) is 12.1 Å². The molecule has 0 spiro atoms. The van der Waals surface area contributed by atoms with Crippen LogP contribution in [0.5, 0.6) is 11.5 Å². The molecule has 19 heavy (non-hydrogen) atoms. The van der Waals surface area contributed by atoms with Gasteiger partial charge in [0.25, 0.3) is 0 Å². The highest BCUT2D eigenvalue weighted by molar-refractivity contribution is 5.39. The highest BCUT2D eigenvalue weighted by Gasteiger charge is 2.18. The van der Waals surface area contributed by atoms with E-state index in [1.165, 1.54) is 25.8 Å². The average Bonchev–Trinajstić information content (AvgIpc) is 2.42. The third-order valence-corrected chi connectivity index (χ3v) is 3.91. The Balaban J connectivity index is 1.82. The number of methoxy groups -OCH3 is 1. The standard InChI is InChI=1S/C15H24N2O2/c1-17-8-4-3-5-13(17)11-16-10-12-6-7-14(19-2)9-15(12)18/h6-7,9,13,16,18H,3-5,8,10-11H2,1-2H3. The number of rotatable bonds is 5. The highest BCUT2D eigenvalue weighted by atomic mass is 16.5. The molecule has 0 aromatic heterocycles. The molecule has 2 rings (SSSR count). The first kappa shape index (κ1) is 14.2. The summed E-state index contributed by atoms with van der Waals surface area (Å²) in [5.74, 6) is 0.983. The lowest BCUT2D eigenvalue weighted by molar-refractivity contribution is 0.181. The molecule has 0 saturated carbocycles. The third kappa shape index (κ3) is 3.85. The number of likely N-dealkylation sites (tertiary alicyclic amines) is 1. The molecule has 4 nitrogen and oxygen atoms in total. The van der Waals surface area contributed by atoms with Crippen molar-refractivity contribution in [1.82, 2.24) is 10.2 Å². The van der Waals surface area contributed by atoms with Crippen LogP contribution < -0.4 is 10.1 Å². The molecule has 1 aliphatic rings. The monoisotopic (exact) mass is 264 g/mol. The van der Waals surface area contributed by atoms with Gasteiger partial charge in [-0.15, -0.1) is 0 Å². The van der Waals surface area contributed by atoms with E-state index >= 15 is 0 Å². The minimum atomic E-state index is 0.295. The molecule has 1 saturated heterocycles. The predicted molar refractivity (Wildman–Crippen MR) is 76.6 cm³/mol. The molecule has 4 heteroatoms. The van der Waals surface area contributed by atoms with Crippen molar-refractivity contribution >= 4 is 0 Å². The fourth-order valence-electron chi connectivity index (χ4n) is 2.60. The lowest BCUT2D eigenvalue weighted by Crippen LogP contribution is -2.42. The van der Waals surface area contributed by atoms with Gasteiger partial charge in [0.05, 0.1) is 7.11 Å². The first-order chi connectivity index (χ1) is 9.20.